The van der Waals surface area contributed by atoms with Gasteiger partial charge in [0.25, 0.3) is 0 Å². The summed E-state index contributed by atoms with van der Waals surface area (Å²) in [4.78, 5) is 27.2. The van der Waals surface area contributed by atoms with Crippen molar-refractivity contribution in [3.63, 3.8) is 0 Å². The number of ether oxygens (including phenoxy) is 2. The van der Waals surface area contributed by atoms with Crippen molar-refractivity contribution in [2.75, 3.05) is 13.7 Å². The van der Waals surface area contributed by atoms with Crippen LogP contribution in [0.1, 0.15) is 32.8 Å². The Labute approximate surface area is 159 Å². The Morgan fingerprint density at radius 3 is 2.63 bits per heavy atom. The van der Waals surface area contributed by atoms with Crippen LogP contribution in [0.2, 0.25) is 0 Å². The van der Waals surface area contributed by atoms with Crippen molar-refractivity contribution in [1.82, 2.24) is 4.90 Å². The van der Waals surface area contributed by atoms with Gasteiger partial charge in [-0.2, -0.15) is 0 Å². The zero-order chi connectivity index (χ0) is 19.8. The maximum absolute atomic E-state index is 13.2. The van der Waals surface area contributed by atoms with E-state index in [9.17, 15) is 14.7 Å². The lowest BCUT2D eigenvalue weighted by Crippen LogP contribution is -2.59. The summed E-state index contributed by atoms with van der Waals surface area (Å²) in [7, 11) is 1.26. The van der Waals surface area contributed by atoms with Crippen LogP contribution in [0.15, 0.2) is 36.4 Å². The predicted molar refractivity (Wildman–Crippen MR) is 100 cm³/mol. The van der Waals surface area contributed by atoms with E-state index in [1.54, 1.807) is 0 Å². The average Bonchev–Trinajstić information content (AvgIpc) is 3.14. The fourth-order valence-electron chi connectivity index (χ4n) is 3.98. The molecule has 146 valence electrons. The SMILES string of the molecule is COC(=O)[C@]12CO[C@H](C(C)(C)C)N1C(=O)[C@H](C/C=C/c1ccccc1)[C@@H]2O. The summed E-state index contributed by atoms with van der Waals surface area (Å²) in [6.45, 7) is 5.75. The number of esters is 1. The smallest absolute Gasteiger partial charge is 0.337 e. The summed E-state index contributed by atoms with van der Waals surface area (Å²) in [5.41, 5.74) is -0.869. The number of allylic oxidation sites excluding steroid dienone is 1. The highest BCUT2D eigenvalue weighted by Gasteiger charge is 2.69. The number of hydrogen-bond acceptors (Lipinski definition) is 5. The third kappa shape index (κ3) is 3.17. The molecule has 0 bridgehead atoms. The molecule has 0 unspecified atom stereocenters. The zero-order valence-corrected chi connectivity index (χ0v) is 16.2. The van der Waals surface area contributed by atoms with Gasteiger partial charge in [0.15, 0.2) is 5.54 Å². The number of carbonyl (C=O) groups excluding carboxylic acids is 2. The van der Waals surface area contributed by atoms with Crippen LogP contribution in [-0.2, 0) is 19.1 Å². The topological polar surface area (TPSA) is 76.1 Å². The van der Waals surface area contributed by atoms with E-state index >= 15 is 0 Å². The molecule has 0 aromatic heterocycles. The summed E-state index contributed by atoms with van der Waals surface area (Å²) < 4.78 is 10.7. The molecule has 1 N–H and O–H groups in total. The first-order chi connectivity index (χ1) is 12.7. The number of rotatable bonds is 4. The van der Waals surface area contributed by atoms with Gasteiger partial charge in [-0.05, 0) is 12.0 Å². The van der Waals surface area contributed by atoms with Gasteiger partial charge in [0.05, 0.1) is 19.6 Å². The van der Waals surface area contributed by atoms with Crippen molar-refractivity contribution in [3.8, 4) is 0 Å². The van der Waals surface area contributed by atoms with Crippen LogP contribution in [0.25, 0.3) is 6.08 Å². The third-order valence-electron chi connectivity index (χ3n) is 5.33. The standard InChI is InChI=1S/C21H27NO5/c1-20(2,3)18-22-17(24)15(12-8-11-14-9-6-5-7-10-14)16(23)21(22,13-27-18)19(25)26-4/h5-11,15-16,18,23H,12-13H2,1-4H3/b11-8+/t15-,16+,18-,21-/m1/s1. The summed E-state index contributed by atoms with van der Waals surface area (Å²) >= 11 is 0. The normalized spacial score (nSPS) is 30.8. The van der Waals surface area contributed by atoms with Gasteiger partial charge < -0.3 is 14.6 Å². The van der Waals surface area contributed by atoms with Crippen LogP contribution in [-0.4, -0.2) is 53.5 Å². The van der Waals surface area contributed by atoms with E-state index in [2.05, 4.69) is 0 Å². The Morgan fingerprint density at radius 2 is 2.04 bits per heavy atom. The summed E-state index contributed by atoms with van der Waals surface area (Å²) in [5.74, 6) is -1.62. The number of aliphatic hydroxyl groups excluding tert-OH is 1. The number of aliphatic hydroxyl groups is 1. The molecule has 1 amide bonds. The van der Waals surface area contributed by atoms with Gasteiger partial charge in [0.1, 0.15) is 12.3 Å². The van der Waals surface area contributed by atoms with E-state index < -0.39 is 35.2 Å². The number of fused-ring (bicyclic) bond motifs is 1. The van der Waals surface area contributed by atoms with Gasteiger partial charge in [-0.3, -0.25) is 9.69 Å². The minimum atomic E-state index is -1.48. The molecule has 2 heterocycles. The number of methoxy groups -OCH3 is 1. The van der Waals surface area contributed by atoms with Gasteiger partial charge >= 0.3 is 5.97 Å². The summed E-state index contributed by atoms with van der Waals surface area (Å²) in [6.07, 6.45) is 2.32. The molecule has 0 saturated carbocycles. The van der Waals surface area contributed by atoms with Gasteiger partial charge in [-0.25, -0.2) is 4.79 Å². The molecule has 2 saturated heterocycles. The highest BCUT2D eigenvalue weighted by molar-refractivity contribution is 5.95. The van der Waals surface area contributed by atoms with Crippen LogP contribution in [0, 0.1) is 11.3 Å². The number of hydrogen-bond donors (Lipinski definition) is 1. The molecule has 2 aliphatic heterocycles. The highest BCUT2D eigenvalue weighted by Crippen LogP contribution is 2.47. The van der Waals surface area contributed by atoms with Crippen LogP contribution < -0.4 is 0 Å². The molecule has 1 aromatic rings. The molecule has 2 fully saturated rings. The van der Waals surface area contributed by atoms with E-state index in [-0.39, 0.29) is 12.5 Å². The van der Waals surface area contributed by atoms with Crippen LogP contribution >= 0.6 is 0 Å². The molecule has 6 nitrogen and oxygen atoms in total. The highest BCUT2D eigenvalue weighted by atomic mass is 16.6. The van der Waals surface area contributed by atoms with Gasteiger partial charge in [-0.1, -0.05) is 63.3 Å². The van der Waals surface area contributed by atoms with Crippen molar-refractivity contribution in [1.29, 1.82) is 0 Å². The Balaban J connectivity index is 1.89. The van der Waals surface area contributed by atoms with Crippen molar-refractivity contribution in [2.24, 2.45) is 11.3 Å². The first kappa shape index (κ1) is 19.6. The van der Waals surface area contributed by atoms with E-state index in [1.165, 1.54) is 12.0 Å². The lowest BCUT2D eigenvalue weighted by molar-refractivity contribution is -0.161. The lowest BCUT2D eigenvalue weighted by atomic mass is 9.87. The van der Waals surface area contributed by atoms with Crippen molar-refractivity contribution in [2.45, 2.75) is 45.1 Å². The quantitative estimate of drug-likeness (QED) is 0.819. The average molecular weight is 373 g/mol. The van der Waals surface area contributed by atoms with E-state index in [4.69, 9.17) is 9.47 Å². The Morgan fingerprint density at radius 1 is 1.37 bits per heavy atom. The maximum atomic E-state index is 13.2. The molecule has 0 spiro atoms. The zero-order valence-electron chi connectivity index (χ0n) is 16.2. The van der Waals surface area contributed by atoms with Gasteiger partial charge in [0, 0.05) is 5.41 Å². The fourth-order valence-corrected chi connectivity index (χ4v) is 3.98. The Kier molecular flexibility index (Phi) is 5.14. The van der Waals surface area contributed by atoms with Crippen molar-refractivity contribution < 1.29 is 24.2 Å². The molecule has 0 aliphatic carbocycles. The molecule has 0 radical (unpaired) electrons. The third-order valence-corrected chi connectivity index (χ3v) is 5.33. The molecule has 1 aromatic carbocycles. The first-order valence-corrected chi connectivity index (χ1v) is 9.16. The fraction of sp³-hybridized carbons (Fsp3) is 0.524. The van der Waals surface area contributed by atoms with Crippen molar-refractivity contribution >= 4 is 18.0 Å². The van der Waals surface area contributed by atoms with Crippen LogP contribution in [0.5, 0.6) is 0 Å². The van der Waals surface area contributed by atoms with Gasteiger partial charge in [0.2, 0.25) is 5.91 Å². The second kappa shape index (κ2) is 7.09. The first-order valence-electron chi connectivity index (χ1n) is 9.16. The number of carbonyl (C=O) groups is 2. The summed E-state index contributed by atoms with van der Waals surface area (Å²) in [6, 6.07) is 9.72. The monoisotopic (exact) mass is 373 g/mol. The van der Waals surface area contributed by atoms with Crippen LogP contribution in [0.4, 0.5) is 0 Å². The van der Waals surface area contributed by atoms with Crippen LogP contribution in [0.3, 0.4) is 0 Å². The predicted octanol–water partition coefficient (Wildman–Crippen LogP) is 2.22. The Hall–Kier alpha value is -2.18. The molecule has 2 aliphatic rings. The van der Waals surface area contributed by atoms with Gasteiger partial charge in [-0.15, -0.1) is 0 Å². The molecule has 27 heavy (non-hydrogen) atoms. The lowest BCUT2D eigenvalue weighted by Gasteiger charge is -2.36. The Bertz CT molecular complexity index is 739. The largest absolute Gasteiger partial charge is 0.467 e. The molecule has 3 rings (SSSR count). The van der Waals surface area contributed by atoms with E-state index in [0.29, 0.717) is 6.42 Å². The van der Waals surface area contributed by atoms with Crippen molar-refractivity contribution in [3.05, 3.63) is 42.0 Å². The van der Waals surface area contributed by atoms with E-state index in [1.807, 2.05) is 63.3 Å². The molecule has 4 atom stereocenters. The number of nitrogens with zero attached hydrogens (tertiary/aromatic N) is 1. The second-order valence-electron chi connectivity index (χ2n) is 8.25. The number of amides is 1. The summed E-state index contributed by atoms with van der Waals surface area (Å²) in [5, 5.41) is 11.0. The minimum Gasteiger partial charge on any atom is -0.467 e. The molecule has 6 heteroatoms. The molecular weight excluding hydrogens is 346 g/mol. The number of benzene rings is 1. The maximum Gasteiger partial charge on any atom is 0.337 e. The minimum absolute atomic E-state index is 0.0621. The second-order valence-corrected chi connectivity index (χ2v) is 8.25. The van der Waals surface area contributed by atoms with E-state index in [0.717, 1.165) is 5.56 Å². The molecular formula is C21H27NO5.